The maximum atomic E-state index is 16.0. The third-order valence-corrected chi connectivity index (χ3v) is 5.97. The molecule has 1 aliphatic rings. The second kappa shape index (κ2) is 8.27. The number of piperidine rings is 1. The standard InChI is InChI=1S/C25H18F4N4O2/c1-3-15-18(26)6-5-13-9-14(34)10-16(19(13)15)21-20(27)22-17(11-30-21)23(32-24(31-22)35-2)33-8-4-7-25(28,29)12-33/h1,5-6,9-11,34H,4,7-8,12H2,2H3. The highest BCUT2D eigenvalue weighted by atomic mass is 19.3. The van der Waals surface area contributed by atoms with Crippen molar-refractivity contribution in [3.8, 4) is 35.4 Å². The molecule has 0 bridgehead atoms. The summed E-state index contributed by atoms with van der Waals surface area (Å²) in [7, 11) is 1.28. The Hall–Kier alpha value is -4.13. The first-order valence-corrected chi connectivity index (χ1v) is 10.7. The largest absolute Gasteiger partial charge is 0.508 e. The number of alkyl halides is 2. The zero-order valence-electron chi connectivity index (χ0n) is 18.4. The fourth-order valence-electron chi connectivity index (χ4n) is 4.44. The number of nitrogens with zero attached hydrogens (tertiary/aromatic N) is 4. The number of benzene rings is 2. The number of anilines is 1. The highest BCUT2D eigenvalue weighted by Gasteiger charge is 2.37. The van der Waals surface area contributed by atoms with E-state index in [1.807, 2.05) is 0 Å². The topological polar surface area (TPSA) is 71.4 Å². The minimum absolute atomic E-state index is 0.0514. The fraction of sp³-hybridized carbons (Fsp3) is 0.240. The molecule has 0 saturated carbocycles. The summed E-state index contributed by atoms with van der Waals surface area (Å²) in [6.45, 7) is -0.302. The average molecular weight is 482 g/mol. The van der Waals surface area contributed by atoms with Gasteiger partial charge >= 0.3 is 6.01 Å². The number of phenolic OH excluding ortho intramolecular Hbond substituents is 1. The average Bonchev–Trinajstić information content (AvgIpc) is 2.83. The van der Waals surface area contributed by atoms with Crippen molar-refractivity contribution in [3.05, 3.63) is 47.7 Å². The number of ether oxygens (including phenoxy) is 1. The van der Waals surface area contributed by atoms with Crippen LogP contribution in [0.2, 0.25) is 0 Å². The summed E-state index contributed by atoms with van der Waals surface area (Å²) in [5.41, 5.74) is -0.539. The van der Waals surface area contributed by atoms with E-state index in [-0.39, 0.29) is 70.1 Å². The molecular weight excluding hydrogens is 464 g/mol. The summed E-state index contributed by atoms with van der Waals surface area (Å²) in [4.78, 5) is 13.8. The predicted octanol–water partition coefficient (Wildman–Crippen LogP) is 5.05. The van der Waals surface area contributed by atoms with E-state index in [4.69, 9.17) is 11.2 Å². The maximum absolute atomic E-state index is 16.0. The maximum Gasteiger partial charge on any atom is 0.318 e. The van der Waals surface area contributed by atoms with E-state index in [1.165, 1.54) is 36.4 Å². The molecular formula is C25H18F4N4O2. The van der Waals surface area contributed by atoms with Gasteiger partial charge in [0.2, 0.25) is 0 Å². The lowest BCUT2D eigenvalue weighted by Gasteiger charge is -2.33. The van der Waals surface area contributed by atoms with Crippen LogP contribution in [0.15, 0.2) is 30.5 Å². The lowest BCUT2D eigenvalue weighted by Crippen LogP contribution is -2.43. The number of aromatic nitrogens is 3. The Kier molecular flexibility index (Phi) is 5.35. The van der Waals surface area contributed by atoms with Crippen LogP contribution in [0.5, 0.6) is 11.8 Å². The van der Waals surface area contributed by atoms with Crippen LogP contribution in [-0.2, 0) is 0 Å². The molecule has 1 saturated heterocycles. The van der Waals surface area contributed by atoms with Gasteiger partial charge < -0.3 is 14.7 Å². The van der Waals surface area contributed by atoms with Gasteiger partial charge in [-0.1, -0.05) is 12.0 Å². The van der Waals surface area contributed by atoms with E-state index in [0.717, 1.165) is 6.07 Å². The Morgan fingerprint density at radius 3 is 2.71 bits per heavy atom. The molecule has 4 aromatic rings. The van der Waals surface area contributed by atoms with E-state index < -0.39 is 24.1 Å². The molecule has 0 aliphatic carbocycles. The first kappa shape index (κ1) is 22.7. The third-order valence-electron chi connectivity index (χ3n) is 5.97. The summed E-state index contributed by atoms with van der Waals surface area (Å²) in [5.74, 6) is -2.41. The molecule has 0 amide bonds. The molecule has 35 heavy (non-hydrogen) atoms. The minimum Gasteiger partial charge on any atom is -0.508 e. The molecule has 6 nitrogen and oxygen atoms in total. The van der Waals surface area contributed by atoms with Gasteiger partial charge in [-0.25, -0.2) is 17.6 Å². The van der Waals surface area contributed by atoms with E-state index >= 15 is 4.39 Å². The van der Waals surface area contributed by atoms with Gasteiger partial charge in [0.1, 0.15) is 28.6 Å². The molecule has 0 spiro atoms. The molecule has 2 aromatic heterocycles. The summed E-state index contributed by atoms with van der Waals surface area (Å²) in [5, 5.41) is 10.9. The normalized spacial score (nSPS) is 15.4. The first-order chi connectivity index (χ1) is 16.7. The molecule has 10 heteroatoms. The second-order valence-corrected chi connectivity index (χ2v) is 8.26. The van der Waals surface area contributed by atoms with E-state index in [0.29, 0.717) is 5.39 Å². The molecule has 0 radical (unpaired) electrons. The molecule has 1 N–H and O–H groups in total. The van der Waals surface area contributed by atoms with Crippen molar-refractivity contribution in [1.29, 1.82) is 0 Å². The third kappa shape index (κ3) is 3.83. The lowest BCUT2D eigenvalue weighted by molar-refractivity contribution is -0.0118. The number of terminal acetylenes is 1. The highest BCUT2D eigenvalue weighted by Crippen LogP contribution is 2.39. The van der Waals surface area contributed by atoms with Gasteiger partial charge in [0.15, 0.2) is 5.82 Å². The zero-order chi connectivity index (χ0) is 24.9. The predicted molar refractivity (Wildman–Crippen MR) is 123 cm³/mol. The number of halogens is 4. The first-order valence-electron chi connectivity index (χ1n) is 10.7. The van der Waals surface area contributed by atoms with Gasteiger partial charge in [-0.15, -0.1) is 6.42 Å². The SMILES string of the molecule is C#Cc1c(F)ccc2cc(O)cc(-c3ncc4c(N5CCCC(F)(F)C5)nc(OC)nc4c3F)c12. The van der Waals surface area contributed by atoms with E-state index in [2.05, 4.69) is 20.9 Å². The van der Waals surface area contributed by atoms with Gasteiger partial charge in [0.25, 0.3) is 5.92 Å². The Balaban J connectivity index is 1.78. The molecule has 0 atom stereocenters. The summed E-state index contributed by atoms with van der Waals surface area (Å²) >= 11 is 0. The molecule has 178 valence electrons. The van der Waals surface area contributed by atoms with Crippen LogP contribution in [0.25, 0.3) is 32.9 Å². The monoisotopic (exact) mass is 482 g/mol. The van der Waals surface area contributed by atoms with Crippen molar-refractivity contribution in [3.63, 3.8) is 0 Å². The van der Waals surface area contributed by atoms with Crippen molar-refractivity contribution in [2.75, 3.05) is 25.1 Å². The molecule has 2 aromatic carbocycles. The zero-order valence-corrected chi connectivity index (χ0v) is 18.4. The highest BCUT2D eigenvalue weighted by molar-refractivity contribution is 6.03. The summed E-state index contributed by atoms with van der Waals surface area (Å²) < 4.78 is 63.7. The Morgan fingerprint density at radius 2 is 2.00 bits per heavy atom. The molecule has 0 unspecified atom stereocenters. The van der Waals surface area contributed by atoms with Crippen LogP contribution in [0.3, 0.4) is 0 Å². The number of fused-ring (bicyclic) bond motifs is 2. The molecule has 5 rings (SSSR count). The lowest BCUT2D eigenvalue weighted by atomic mass is 9.96. The van der Waals surface area contributed by atoms with Crippen molar-refractivity contribution in [2.45, 2.75) is 18.8 Å². The Morgan fingerprint density at radius 1 is 1.20 bits per heavy atom. The summed E-state index contributed by atoms with van der Waals surface area (Å²) in [6.07, 6.45) is 6.76. The Bertz CT molecular complexity index is 1530. The van der Waals surface area contributed by atoms with Crippen molar-refractivity contribution >= 4 is 27.5 Å². The van der Waals surface area contributed by atoms with Gasteiger partial charge in [-0.05, 0) is 30.0 Å². The van der Waals surface area contributed by atoms with Crippen LogP contribution in [0.1, 0.15) is 18.4 Å². The number of pyridine rings is 1. The van der Waals surface area contributed by atoms with Crippen LogP contribution in [-0.4, -0.2) is 46.2 Å². The second-order valence-electron chi connectivity index (χ2n) is 8.26. The van der Waals surface area contributed by atoms with Gasteiger partial charge in [0.05, 0.1) is 24.6 Å². The number of aromatic hydroxyl groups is 1. The molecule has 1 fully saturated rings. The van der Waals surface area contributed by atoms with E-state index in [9.17, 15) is 18.3 Å². The molecule has 3 heterocycles. The van der Waals surface area contributed by atoms with Crippen LogP contribution >= 0.6 is 0 Å². The van der Waals surface area contributed by atoms with Crippen LogP contribution < -0.4 is 9.64 Å². The minimum atomic E-state index is -2.93. The number of hydrogen-bond acceptors (Lipinski definition) is 6. The number of rotatable bonds is 3. The quantitative estimate of drug-likeness (QED) is 0.325. The number of hydrogen-bond donors (Lipinski definition) is 1. The summed E-state index contributed by atoms with van der Waals surface area (Å²) in [6, 6.07) is 4.95. The fourth-order valence-corrected chi connectivity index (χ4v) is 4.44. The van der Waals surface area contributed by atoms with Gasteiger partial charge in [0, 0.05) is 30.1 Å². The molecule has 1 aliphatic heterocycles. The van der Waals surface area contributed by atoms with E-state index in [1.54, 1.807) is 0 Å². The number of phenols is 1. The number of methoxy groups -OCH3 is 1. The Labute approximate surface area is 197 Å². The smallest absolute Gasteiger partial charge is 0.318 e. The van der Waals surface area contributed by atoms with Crippen molar-refractivity contribution in [2.24, 2.45) is 0 Å². The van der Waals surface area contributed by atoms with Crippen molar-refractivity contribution < 1.29 is 27.4 Å². The van der Waals surface area contributed by atoms with Crippen molar-refractivity contribution in [1.82, 2.24) is 15.0 Å². The van der Waals surface area contributed by atoms with Crippen LogP contribution in [0, 0.1) is 24.0 Å². The van der Waals surface area contributed by atoms with Gasteiger partial charge in [-0.3, -0.25) is 4.98 Å². The van der Waals surface area contributed by atoms with Gasteiger partial charge in [-0.2, -0.15) is 9.97 Å². The van der Waals surface area contributed by atoms with Crippen LogP contribution in [0.4, 0.5) is 23.4 Å².